The van der Waals surface area contributed by atoms with Gasteiger partial charge < -0.3 is 24.4 Å². The van der Waals surface area contributed by atoms with Crippen molar-refractivity contribution in [2.24, 2.45) is 17.2 Å². The number of nitrogens with zero attached hydrogens (tertiary/aromatic N) is 4. The number of aryl methyl sites for hydroxylation is 1. The summed E-state index contributed by atoms with van der Waals surface area (Å²) in [6, 6.07) is 11.8. The predicted octanol–water partition coefficient (Wildman–Crippen LogP) is 10.2. The third kappa shape index (κ3) is 12.5. The van der Waals surface area contributed by atoms with Crippen LogP contribution in [-0.2, 0) is 17.7 Å². The lowest BCUT2D eigenvalue weighted by molar-refractivity contribution is 0.116. The van der Waals surface area contributed by atoms with E-state index in [-0.39, 0.29) is 23.6 Å². The average Bonchev–Trinajstić information content (AvgIpc) is 3.45. The molecule has 8 nitrogen and oxygen atoms in total. The number of unbranched alkanes of at least 4 members (excludes halogenated alkanes) is 2. The van der Waals surface area contributed by atoms with Gasteiger partial charge in [0.1, 0.15) is 0 Å². The zero-order valence-electron chi connectivity index (χ0n) is 36.4. The van der Waals surface area contributed by atoms with Gasteiger partial charge in [0, 0.05) is 73.4 Å². The van der Waals surface area contributed by atoms with Gasteiger partial charge in [-0.2, -0.15) is 0 Å². The molecule has 0 bridgehead atoms. The van der Waals surface area contributed by atoms with Gasteiger partial charge >= 0.3 is 0 Å². The summed E-state index contributed by atoms with van der Waals surface area (Å²) >= 11 is 0. The van der Waals surface area contributed by atoms with Crippen molar-refractivity contribution in [3.63, 3.8) is 0 Å². The van der Waals surface area contributed by atoms with Gasteiger partial charge in [-0.3, -0.25) is 16.3 Å². The fourth-order valence-electron chi connectivity index (χ4n) is 8.42. The highest BCUT2D eigenvalue weighted by Gasteiger charge is 2.28. The van der Waals surface area contributed by atoms with Gasteiger partial charge in [0.2, 0.25) is 0 Å². The first-order chi connectivity index (χ1) is 26.2. The molecule has 3 rings (SSSR count). The van der Waals surface area contributed by atoms with Crippen LogP contribution in [0.2, 0.25) is 0 Å². The van der Waals surface area contributed by atoms with Gasteiger partial charge in [0.05, 0.1) is 23.5 Å². The minimum atomic E-state index is -0.119. The van der Waals surface area contributed by atoms with Crippen molar-refractivity contribution in [2.75, 3.05) is 45.7 Å². The van der Waals surface area contributed by atoms with E-state index in [1.54, 1.807) is 7.11 Å². The van der Waals surface area contributed by atoms with Gasteiger partial charge in [0.25, 0.3) is 0 Å². The zero-order valence-corrected chi connectivity index (χ0v) is 36.4. The van der Waals surface area contributed by atoms with E-state index in [1.807, 2.05) is 12.3 Å². The van der Waals surface area contributed by atoms with Gasteiger partial charge in [-0.05, 0) is 133 Å². The predicted molar refractivity (Wildman–Crippen MR) is 238 cm³/mol. The number of benzene rings is 1. The molecule has 3 atom stereocenters. The Morgan fingerprint density at radius 1 is 1.07 bits per heavy atom. The molecule has 1 aromatic carbocycles. The number of likely N-dealkylation sites (N-methyl/N-ethyl adjacent to an activating group) is 1. The molecule has 4 N–H and O–H groups in total. The minimum Gasteiger partial charge on any atom is -0.381 e. The standard InChI is InChI=1S/C47H77N7O/c1-14-17-28-47(9,10)33-41-40-32-38(26-27-43(40)54(16-3)46(41)39-24-21-29-49-44(39)37(8)55-13)53(15-2)31-22-25-42(35(6)23-19-18-20-30-50-48)51-36(7)45(34(4)5)52(11)12/h14,21,24,26-27,29,32,34,37,42,45,50-51H,1,6-7,15-20,22-23,25,28,30-31,33,48H2,2-5,8-13H3. The van der Waals surface area contributed by atoms with Crippen LogP contribution in [0.1, 0.15) is 117 Å². The lowest BCUT2D eigenvalue weighted by atomic mass is 9.80. The Labute approximate surface area is 335 Å². The maximum Gasteiger partial charge on any atom is 0.0969 e. The van der Waals surface area contributed by atoms with Crippen molar-refractivity contribution in [2.45, 2.75) is 131 Å². The number of hydrogen-bond acceptors (Lipinski definition) is 7. The van der Waals surface area contributed by atoms with Crippen LogP contribution in [0.3, 0.4) is 0 Å². The fraction of sp³-hybridized carbons (Fsp3) is 0.596. The maximum absolute atomic E-state index is 5.85. The third-order valence-corrected chi connectivity index (χ3v) is 11.4. The summed E-state index contributed by atoms with van der Waals surface area (Å²) in [6.45, 7) is 32.7. The lowest BCUT2D eigenvalue weighted by Gasteiger charge is -2.34. The number of allylic oxidation sites excluding steroid dienone is 1. The number of pyridine rings is 1. The normalized spacial score (nSPS) is 13.7. The van der Waals surface area contributed by atoms with E-state index in [0.29, 0.717) is 5.92 Å². The number of fused-ring (bicyclic) bond motifs is 1. The Morgan fingerprint density at radius 3 is 2.44 bits per heavy atom. The third-order valence-electron chi connectivity index (χ3n) is 11.4. The molecule has 3 unspecified atom stereocenters. The van der Waals surface area contributed by atoms with Crippen molar-refractivity contribution in [3.8, 4) is 11.3 Å². The highest BCUT2D eigenvalue weighted by atomic mass is 16.5. The molecule has 306 valence electrons. The number of methoxy groups -OCH3 is 1. The first kappa shape index (κ1) is 46.0. The molecule has 0 fully saturated rings. The quantitative estimate of drug-likeness (QED) is 0.0309. The van der Waals surface area contributed by atoms with E-state index in [0.717, 1.165) is 101 Å². The topological polar surface area (TPSA) is 83.6 Å². The second kappa shape index (κ2) is 22.3. The summed E-state index contributed by atoms with van der Waals surface area (Å²) in [5.41, 5.74) is 12.5. The summed E-state index contributed by atoms with van der Waals surface area (Å²) in [7, 11) is 6.05. The summed E-state index contributed by atoms with van der Waals surface area (Å²) in [5.74, 6) is 5.96. The molecule has 2 aromatic heterocycles. The number of rotatable bonds is 27. The van der Waals surface area contributed by atoms with Crippen LogP contribution < -0.4 is 21.5 Å². The number of nitrogens with two attached hydrogens (primary N) is 1. The van der Waals surface area contributed by atoms with E-state index >= 15 is 0 Å². The van der Waals surface area contributed by atoms with Gasteiger partial charge in [0.15, 0.2) is 0 Å². The fourth-order valence-corrected chi connectivity index (χ4v) is 8.42. The van der Waals surface area contributed by atoms with Crippen molar-refractivity contribution in [1.82, 2.24) is 25.2 Å². The zero-order chi connectivity index (χ0) is 40.7. The number of anilines is 1. The van der Waals surface area contributed by atoms with Crippen LogP contribution in [-0.4, -0.2) is 67.4 Å². The molecule has 0 saturated carbocycles. The molecule has 8 heteroatoms. The van der Waals surface area contributed by atoms with Gasteiger partial charge in [-0.25, -0.2) is 0 Å². The number of nitrogens with one attached hydrogen (secondary N) is 2. The smallest absolute Gasteiger partial charge is 0.0969 e. The molecule has 3 aromatic rings. The number of ether oxygens (including phenoxy) is 1. The van der Waals surface area contributed by atoms with E-state index in [4.69, 9.17) is 15.6 Å². The first-order valence-electron chi connectivity index (χ1n) is 21.0. The van der Waals surface area contributed by atoms with Crippen LogP contribution >= 0.6 is 0 Å². The van der Waals surface area contributed by atoms with Crippen molar-refractivity contribution in [1.29, 1.82) is 0 Å². The molecule has 0 spiro atoms. The second-order valence-corrected chi connectivity index (χ2v) is 16.8. The Bertz CT molecular complexity index is 1650. The van der Waals surface area contributed by atoms with Crippen LogP contribution in [0.25, 0.3) is 22.2 Å². The number of hydrogen-bond donors (Lipinski definition) is 3. The Hall–Kier alpha value is -3.43. The van der Waals surface area contributed by atoms with Crippen LogP contribution in [0.15, 0.2) is 73.6 Å². The second-order valence-electron chi connectivity index (χ2n) is 16.8. The molecule has 0 radical (unpaired) electrons. The van der Waals surface area contributed by atoms with Crippen LogP contribution in [0, 0.1) is 11.3 Å². The Balaban J connectivity index is 2.00. The maximum atomic E-state index is 5.85. The highest BCUT2D eigenvalue weighted by Crippen LogP contribution is 2.42. The Morgan fingerprint density at radius 2 is 1.82 bits per heavy atom. The summed E-state index contributed by atoms with van der Waals surface area (Å²) in [6.07, 6.45) is 13.2. The summed E-state index contributed by atoms with van der Waals surface area (Å²) in [4.78, 5) is 9.68. The molecule has 0 aliphatic rings. The van der Waals surface area contributed by atoms with Crippen LogP contribution in [0.4, 0.5) is 5.69 Å². The van der Waals surface area contributed by atoms with Crippen molar-refractivity contribution >= 4 is 16.6 Å². The summed E-state index contributed by atoms with van der Waals surface area (Å²) < 4.78 is 8.34. The van der Waals surface area contributed by atoms with Crippen molar-refractivity contribution in [3.05, 3.63) is 84.9 Å². The molecule has 55 heavy (non-hydrogen) atoms. The molecular formula is C47H77N7O. The molecule has 0 saturated heterocycles. The van der Waals surface area contributed by atoms with E-state index < -0.39 is 0 Å². The van der Waals surface area contributed by atoms with Gasteiger partial charge in [-0.15, -0.1) is 6.58 Å². The Kier molecular flexibility index (Phi) is 18.7. The number of aromatic nitrogens is 2. The average molecular weight is 756 g/mol. The van der Waals surface area contributed by atoms with Gasteiger partial charge in [-0.1, -0.05) is 58.9 Å². The van der Waals surface area contributed by atoms with E-state index in [9.17, 15) is 0 Å². The minimum absolute atomic E-state index is 0.0857. The lowest BCUT2D eigenvalue weighted by Crippen LogP contribution is -2.43. The molecule has 0 amide bonds. The largest absolute Gasteiger partial charge is 0.381 e. The van der Waals surface area contributed by atoms with E-state index in [1.165, 1.54) is 33.4 Å². The molecule has 2 heterocycles. The molecule has 0 aliphatic heterocycles. The van der Waals surface area contributed by atoms with E-state index in [2.05, 4.69) is 138 Å². The monoisotopic (exact) mass is 756 g/mol. The highest BCUT2D eigenvalue weighted by molar-refractivity contribution is 5.94. The summed E-state index contributed by atoms with van der Waals surface area (Å²) in [5, 5.41) is 5.20. The number of hydrazine groups is 1. The first-order valence-corrected chi connectivity index (χ1v) is 21.0. The van der Waals surface area contributed by atoms with Crippen molar-refractivity contribution < 1.29 is 4.74 Å². The molecule has 0 aliphatic carbocycles. The van der Waals surface area contributed by atoms with Crippen LogP contribution in [0.5, 0.6) is 0 Å². The SMILES string of the molecule is C=CCCC(C)(C)Cc1c(-c2cccnc2C(C)OC)n(CC)c2ccc(N(CC)CCCC(NC(=C)C(C(C)C)N(C)C)C(=C)CCCCCNN)cc12. The molecular weight excluding hydrogens is 679 g/mol.